The van der Waals surface area contributed by atoms with Gasteiger partial charge in [0, 0.05) is 41.3 Å². The Morgan fingerprint density at radius 2 is 1.77 bits per heavy atom. The Labute approximate surface area is 156 Å². The number of rotatable bonds is 3. The second-order valence-electron chi connectivity index (χ2n) is 6.83. The van der Waals surface area contributed by atoms with Crippen molar-refractivity contribution in [1.82, 2.24) is 14.8 Å². The molecule has 1 aliphatic rings. The molecule has 0 saturated carbocycles. The van der Waals surface area contributed by atoms with E-state index in [1.165, 1.54) is 0 Å². The van der Waals surface area contributed by atoms with Gasteiger partial charge in [0.1, 0.15) is 0 Å². The summed E-state index contributed by atoms with van der Waals surface area (Å²) in [6.45, 7) is 0.677. The second kappa shape index (κ2) is 5.97. The van der Waals surface area contributed by atoms with Crippen LogP contribution in [0, 0.1) is 0 Å². The SMILES string of the molecule is CN(C)Cc1cn(C)c2cc(-c3ccccc3Cl)c3c(c12)C(=O)NC3=O. The molecule has 0 atom stereocenters. The maximum Gasteiger partial charge on any atom is 0.259 e. The predicted molar refractivity (Wildman–Crippen MR) is 103 cm³/mol. The van der Waals surface area contributed by atoms with Gasteiger partial charge >= 0.3 is 0 Å². The van der Waals surface area contributed by atoms with Gasteiger partial charge < -0.3 is 9.47 Å². The predicted octanol–water partition coefficient (Wildman–Crippen LogP) is 3.44. The van der Waals surface area contributed by atoms with Crippen LogP contribution in [0.1, 0.15) is 26.3 Å². The number of carbonyl (C=O) groups excluding carboxylic acids is 2. The highest BCUT2D eigenvalue weighted by Gasteiger charge is 2.34. The van der Waals surface area contributed by atoms with Gasteiger partial charge in [0.25, 0.3) is 11.8 Å². The van der Waals surface area contributed by atoms with Gasteiger partial charge in [-0.15, -0.1) is 0 Å². The van der Waals surface area contributed by atoms with Crippen LogP contribution in [0.2, 0.25) is 5.02 Å². The average molecular weight is 368 g/mol. The maximum atomic E-state index is 12.6. The van der Waals surface area contributed by atoms with Crippen molar-refractivity contribution in [1.29, 1.82) is 0 Å². The molecule has 0 saturated heterocycles. The number of fused-ring (bicyclic) bond motifs is 3. The molecule has 0 fully saturated rings. The van der Waals surface area contributed by atoms with Gasteiger partial charge in [0.05, 0.1) is 11.1 Å². The number of amides is 2. The summed E-state index contributed by atoms with van der Waals surface area (Å²) in [4.78, 5) is 27.2. The van der Waals surface area contributed by atoms with Gasteiger partial charge in [-0.3, -0.25) is 14.9 Å². The van der Waals surface area contributed by atoms with Crippen LogP contribution in [-0.2, 0) is 13.6 Å². The fourth-order valence-electron chi connectivity index (χ4n) is 3.68. The second-order valence-corrected chi connectivity index (χ2v) is 7.24. The summed E-state index contributed by atoms with van der Waals surface area (Å²) in [6, 6.07) is 9.31. The molecule has 2 heterocycles. The van der Waals surface area contributed by atoms with Crippen LogP contribution >= 0.6 is 11.6 Å². The summed E-state index contributed by atoms with van der Waals surface area (Å²) in [5.74, 6) is -0.725. The molecular weight excluding hydrogens is 350 g/mol. The molecule has 1 aliphatic heterocycles. The number of aryl methyl sites for hydroxylation is 1. The quantitative estimate of drug-likeness (QED) is 0.721. The smallest absolute Gasteiger partial charge is 0.259 e. The molecule has 0 unspecified atom stereocenters. The number of hydrogen-bond donors (Lipinski definition) is 1. The van der Waals surface area contributed by atoms with Crippen LogP contribution < -0.4 is 5.32 Å². The summed E-state index contributed by atoms with van der Waals surface area (Å²) in [5.41, 5.74) is 4.19. The molecule has 5 nitrogen and oxygen atoms in total. The molecule has 3 aromatic rings. The van der Waals surface area contributed by atoms with Gasteiger partial charge in [-0.25, -0.2) is 0 Å². The zero-order valence-corrected chi connectivity index (χ0v) is 15.5. The number of carbonyl (C=O) groups is 2. The molecule has 132 valence electrons. The maximum absolute atomic E-state index is 12.6. The summed E-state index contributed by atoms with van der Waals surface area (Å²) < 4.78 is 1.99. The van der Waals surface area contributed by atoms with Crippen molar-refractivity contribution in [2.75, 3.05) is 14.1 Å². The summed E-state index contributed by atoms with van der Waals surface area (Å²) in [5, 5.41) is 3.82. The van der Waals surface area contributed by atoms with E-state index in [-0.39, 0.29) is 11.8 Å². The van der Waals surface area contributed by atoms with Crippen LogP contribution in [0.15, 0.2) is 36.5 Å². The third-order valence-corrected chi connectivity index (χ3v) is 5.02. The molecule has 2 amide bonds. The molecule has 0 radical (unpaired) electrons. The van der Waals surface area contributed by atoms with Crippen LogP contribution in [0.4, 0.5) is 0 Å². The number of nitrogens with one attached hydrogen (secondary N) is 1. The molecule has 1 aromatic heterocycles. The summed E-state index contributed by atoms with van der Waals surface area (Å²) in [7, 11) is 5.89. The van der Waals surface area contributed by atoms with Crippen LogP contribution in [0.5, 0.6) is 0 Å². The molecule has 4 rings (SSSR count). The first-order valence-electron chi connectivity index (χ1n) is 8.28. The Kier molecular flexibility index (Phi) is 3.86. The largest absolute Gasteiger partial charge is 0.350 e. The fourth-order valence-corrected chi connectivity index (χ4v) is 3.92. The zero-order chi connectivity index (χ0) is 18.6. The highest BCUT2D eigenvalue weighted by Crippen LogP contribution is 2.39. The minimum atomic E-state index is -0.374. The van der Waals surface area contributed by atoms with Crippen LogP contribution in [0.3, 0.4) is 0 Å². The van der Waals surface area contributed by atoms with E-state index in [0.29, 0.717) is 28.3 Å². The Bertz CT molecular complexity index is 1080. The number of halogens is 1. The van der Waals surface area contributed by atoms with Crippen molar-refractivity contribution >= 4 is 34.3 Å². The Morgan fingerprint density at radius 1 is 1.08 bits per heavy atom. The van der Waals surface area contributed by atoms with Gasteiger partial charge in [-0.2, -0.15) is 0 Å². The standard InChI is InChI=1S/C20H18ClN3O2/c1-23(2)9-11-10-24(3)15-8-13(12-6-4-5-7-14(12)21)17-18(16(11)15)20(26)22-19(17)25/h4-8,10H,9H2,1-3H3,(H,22,25,26). The van der Waals surface area contributed by atoms with E-state index in [0.717, 1.165) is 22.0 Å². The van der Waals surface area contributed by atoms with E-state index < -0.39 is 0 Å². The normalized spacial score (nSPS) is 13.6. The average Bonchev–Trinajstić information content (AvgIpc) is 3.04. The molecule has 26 heavy (non-hydrogen) atoms. The molecule has 0 spiro atoms. The Balaban J connectivity index is 2.13. The minimum Gasteiger partial charge on any atom is -0.350 e. The summed E-state index contributed by atoms with van der Waals surface area (Å²) in [6.07, 6.45) is 2.01. The van der Waals surface area contributed by atoms with E-state index in [4.69, 9.17) is 11.6 Å². The highest BCUT2D eigenvalue weighted by atomic mass is 35.5. The first kappa shape index (κ1) is 16.8. The van der Waals surface area contributed by atoms with Crippen LogP contribution in [0.25, 0.3) is 22.0 Å². The van der Waals surface area contributed by atoms with E-state index in [1.807, 2.05) is 61.1 Å². The van der Waals surface area contributed by atoms with E-state index in [1.54, 1.807) is 6.07 Å². The van der Waals surface area contributed by atoms with E-state index in [2.05, 4.69) is 5.32 Å². The van der Waals surface area contributed by atoms with Gasteiger partial charge in [0.2, 0.25) is 0 Å². The first-order chi connectivity index (χ1) is 12.4. The molecule has 2 aromatic carbocycles. The lowest BCUT2D eigenvalue weighted by atomic mass is 9.92. The number of benzene rings is 2. The van der Waals surface area contributed by atoms with Gasteiger partial charge in [-0.05, 0) is 37.4 Å². The van der Waals surface area contributed by atoms with Crippen molar-refractivity contribution in [2.45, 2.75) is 6.54 Å². The summed E-state index contributed by atoms with van der Waals surface area (Å²) >= 11 is 6.38. The van der Waals surface area contributed by atoms with E-state index >= 15 is 0 Å². The Hall–Kier alpha value is -2.63. The number of nitrogens with zero attached hydrogens (tertiary/aromatic N) is 2. The Morgan fingerprint density at radius 3 is 2.46 bits per heavy atom. The highest BCUT2D eigenvalue weighted by molar-refractivity contribution is 6.35. The van der Waals surface area contributed by atoms with Crippen molar-refractivity contribution in [3.8, 4) is 11.1 Å². The number of imide groups is 1. The minimum absolute atomic E-state index is 0.352. The van der Waals surface area contributed by atoms with Crippen LogP contribution in [-0.4, -0.2) is 35.4 Å². The number of aromatic nitrogens is 1. The first-order valence-corrected chi connectivity index (χ1v) is 8.66. The molecule has 6 heteroatoms. The third kappa shape index (κ3) is 2.43. The lowest BCUT2D eigenvalue weighted by molar-refractivity contribution is 0.0880. The van der Waals surface area contributed by atoms with Crippen molar-refractivity contribution < 1.29 is 9.59 Å². The van der Waals surface area contributed by atoms with Gasteiger partial charge in [-0.1, -0.05) is 29.8 Å². The van der Waals surface area contributed by atoms with Crippen molar-refractivity contribution in [2.24, 2.45) is 7.05 Å². The van der Waals surface area contributed by atoms with Gasteiger partial charge in [0.15, 0.2) is 0 Å². The lowest BCUT2D eigenvalue weighted by Gasteiger charge is -2.12. The fraction of sp³-hybridized carbons (Fsp3) is 0.200. The van der Waals surface area contributed by atoms with Crippen molar-refractivity contribution in [3.05, 3.63) is 58.2 Å². The molecule has 1 N–H and O–H groups in total. The zero-order valence-electron chi connectivity index (χ0n) is 14.8. The van der Waals surface area contributed by atoms with E-state index in [9.17, 15) is 9.59 Å². The monoisotopic (exact) mass is 367 g/mol. The number of hydrogen-bond acceptors (Lipinski definition) is 3. The molecule has 0 aliphatic carbocycles. The molecule has 0 bridgehead atoms. The van der Waals surface area contributed by atoms with Crippen molar-refractivity contribution in [3.63, 3.8) is 0 Å². The third-order valence-electron chi connectivity index (χ3n) is 4.69. The molecular formula is C20H18ClN3O2. The topological polar surface area (TPSA) is 54.3 Å². The lowest BCUT2D eigenvalue weighted by Crippen LogP contribution is -2.20.